The van der Waals surface area contributed by atoms with Crippen molar-refractivity contribution in [1.29, 1.82) is 0 Å². The standard InChI is InChI=1S/C24H23N7O6S2/c25-24-28-15(11-39-24)16(30-37-14-5-1-2-6-14)20(33)29-17-21(34)31-18(23(35)36)13(10-38-22(17)31)9-27-19(32)12-4-3-7-26-8-12/h1,3-5,7-8,11,14,17,22H,2,6,9-10H2,(H2,25,28)(H,27,32)(H,29,33)(H,35,36)/t14?,17?,22-/m0/s1. The average molecular weight is 570 g/mol. The van der Waals surface area contributed by atoms with Gasteiger partial charge in [-0.15, -0.1) is 23.1 Å². The molecule has 202 valence electrons. The van der Waals surface area contributed by atoms with Crippen LogP contribution in [0.2, 0.25) is 0 Å². The SMILES string of the molecule is Nc1nc(C(=NOC2C=CCC2)C(=O)NC2C(=O)N3C(C(=O)O)=C(CNC(=O)c4cccnc4)CS[C@@H]23)cs1. The van der Waals surface area contributed by atoms with Crippen LogP contribution in [0, 0.1) is 0 Å². The van der Waals surface area contributed by atoms with Gasteiger partial charge in [-0.25, -0.2) is 9.78 Å². The van der Waals surface area contributed by atoms with E-state index in [0.717, 1.165) is 29.1 Å². The van der Waals surface area contributed by atoms with Crippen LogP contribution in [0.15, 0.2) is 58.5 Å². The number of carbonyl (C=O) groups is 4. The van der Waals surface area contributed by atoms with Crippen molar-refractivity contribution in [2.24, 2.45) is 5.16 Å². The summed E-state index contributed by atoms with van der Waals surface area (Å²) in [5.41, 5.74) is 6.29. The summed E-state index contributed by atoms with van der Waals surface area (Å²) in [6.07, 6.45) is 8.01. The molecule has 5 N–H and O–H groups in total. The number of carbonyl (C=O) groups excluding carboxylic acids is 3. The molecule has 0 aromatic carbocycles. The second kappa shape index (κ2) is 11.2. The fourth-order valence-corrected chi connectivity index (χ4v) is 6.12. The number of hydrogen-bond donors (Lipinski definition) is 4. The van der Waals surface area contributed by atoms with Crippen LogP contribution in [-0.2, 0) is 19.2 Å². The lowest BCUT2D eigenvalue weighted by atomic mass is 10.0. The van der Waals surface area contributed by atoms with Crippen molar-refractivity contribution in [3.63, 3.8) is 0 Å². The minimum atomic E-state index is -1.30. The zero-order valence-corrected chi connectivity index (χ0v) is 21.9. The lowest BCUT2D eigenvalue weighted by Gasteiger charge is -2.49. The van der Waals surface area contributed by atoms with Crippen LogP contribution in [0.5, 0.6) is 0 Å². The number of allylic oxidation sites excluding steroid dienone is 1. The number of carboxylic acid groups (broad SMARTS) is 1. The number of pyridine rings is 1. The second-order valence-electron chi connectivity index (χ2n) is 8.70. The maximum absolute atomic E-state index is 13.2. The molecule has 2 aliphatic heterocycles. The molecule has 0 radical (unpaired) electrons. The molecule has 1 fully saturated rings. The van der Waals surface area contributed by atoms with E-state index in [1.54, 1.807) is 17.5 Å². The first kappa shape index (κ1) is 26.4. The molecule has 3 amide bonds. The third kappa shape index (κ3) is 5.49. The van der Waals surface area contributed by atoms with Crippen LogP contribution in [0.25, 0.3) is 0 Å². The number of nitrogens with one attached hydrogen (secondary N) is 2. The number of fused-ring (bicyclic) bond motifs is 1. The maximum atomic E-state index is 13.2. The van der Waals surface area contributed by atoms with Crippen LogP contribution in [-0.4, -0.2) is 79.2 Å². The third-order valence-corrected chi connectivity index (χ3v) is 8.16. The fourth-order valence-electron chi connectivity index (χ4n) is 4.23. The number of thioether (sulfide) groups is 1. The van der Waals surface area contributed by atoms with Gasteiger partial charge in [-0.2, -0.15) is 0 Å². The number of nitrogen functional groups attached to an aromatic ring is 1. The van der Waals surface area contributed by atoms with Gasteiger partial charge >= 0.3 is 5.97 Å². The number of hydrogen-bond acceptors (Lipinski definition) is 11. The van der Waals surface area contributed by atoms with E-state index in [1.165, 1.54) is 24.2 Å². The molecule has 2 aromatic rings. The Morgan fingerprint density at radius 2 is 2.18 bits per heavy atom. The zero-order chi connectivity index (χ0) is 27.5. The number of anilines is 1. The smallest absolute Gasteiger partial charge is 0.352 e. The van der Waals surface area contributed by atoms with Crippen LogP contribution < -0.4 is 16.4 Å². The molecule has 4 heterocycles. The highest BCUT2D eigenvalue weighted by molar-refractivity contribution is 8.00. The van der Waals surface area contributed by atoms with Crippen molar-refractivity contribution < 1.29 is 29.1 Å². The van der Waals surface area contributed by atoms with Crippen molar-refractivity contribution in [3.8, 4) is 0 Å². The first-order valence-electron chi connectivity index (χ1n) is 11.8. The number of nitrogens with zero attached hydrogens (tertiary/aromatic N) is 4. The molecule has 1 aliphatic carbocycles. The Morgan fingerprint density at radius 1 is 1.33 bits per heavy atom. The average Bonchev–Trinajstić information content (AvgIpc) is 3.62. The summed E-state index contributed by atoms with van der Waals surface area (Å²) >= 11 is 2.41. The molecule has 0 spiro atoms. The Hall–Kier alpha value is -4.24. The quantitative estimate of drug-likeness (QED) is 0.145. The molecule has 2 unspecified atom stereocenters. The second-order valence-corrected chi connectivity index (χ2v) is 10.7. The monoisotopic (exact) mass is 569 g/mol. The van der Waals surface area contributed by atoms with Gasteiger partial charge in [0.2, 0.25) is 0 Å². The van der Waals surface area contributed by atoms with Gasteiger partial charge in [0.15, 0.2) is 10.8 Å². The van der Waals surface area contributed by atoms with Gasteiger partial charge in [0.25, 0.3) is 17.7 Å². The van der Waals surface area contributed by atoms with Crippen LogP contribution in [0.1, 0.15) is 28.9 Å². The summed E-state index contributed by atoms with van der Waals surface area (Å²) in [7, 11) is 0. The van der Waals surface area contributed by atoms with Crippen LogP contribution >= 0.6 is 23.1 Å². The summed E-state index contributed by atoms with van der Waals surface area (Å²) < 4.78 is 0. The van der Waals surface area contributed by atoms with E-state index in [0.29, 0.717) is 11.1 Å². The first-order valence-corrected chi connectivity index (χ1v) is 13.8. The Bertz CT molecular complexity index is 1410. The van der Waals surface area contributed by atoms with Crippen molar-refractivity contribution in [1.82, 2.24) is 25.5 Å². The van der Waals surface area contributed by atoms with Crippen LogP contribution in [0.4, 0.5) is 5.13 Å². The van der Waals surface area contributed by atoms with Crippen molar-refractivity contribution in [3.05, 3.63) is 64.6 Å². The minimum Gasteiger partial charge on any atom is -0.477 e. The fraction of sp³-hybridized carbons (Fsp3) is 0.292. The van der Waals surface area contributed by atoms with Gasteiger partial charge in [0, 0.05) is 30.1 Å². The molecule has 5 rings (SSSR count). The first-order chi connectivity index (χ1) is 18.8. The summed E-state index contributed by atoms with van der Waals surface area (Å²) in [5.74, 6) is -2.78. The van der Waals surface area contributed by atoms with Crippen molar-refractivity contribution in [2.45, 2.75) is 30.4 Å². The molecule has 39 heavy (non-hydrogen) atoms. The van der Waals surface area contributed by atoms with E-state index >= 15 is 0 Å². The number of aliphatic carboxylic acids is 1. The Morgan fingerprint density at radius 3 is 2.85 bits per heavy atom. The molecule has 3 aliphatic rings. The highest BCUT2D eigenvalue weighted by atomic mass is 32.2. The third-order valence-electron chi connectivity index (χ3n) is 6.15. The summed E-state index contributed by atoms with van der Waals surface area (Å²) in [6, 6.07) is 2.21. The number of carboxylic acids is 1. The van der Waals surface area contributed by atoms with Crippen LogP contribution in [0.3, 0.4) is 0 Å². The van der Waals surface area contributed by atoms with E-state index < -0.39 is 35.1 Å². The van der Waals surface area contributed by atoms with E-state index in [2.05, 4.69) is 25.8 Å². The molecule has 0 bridgehead atoms. The lowest BCUT2D eigenvalue weighted by molar-refractivity contribution is -0.150. The molecule has 2 aromatic heterocycles. The number of nitrogens with two attached hydrogens (primary N) is 1. The number of amides is 3. The minimum absolute atomic E-state index is 0.0646. The predicted octanol–water partition coefficient (Wildman–Crippen LogP) is 0.728. The molecule has 3 atom stereocenters. The van der Waals surface area contributed by atoms with Gasteiger partial charge in [0.1, 0.15) is 28.9 Å². The summed E-state index contributed by atoms with van der Waals surface area (Å²) in [4.78, 5) is 65.4. The van der Waals surface area contributed by atoms with Gasteiger partial charge in [0.05, 0.1) is 5.56 Å². The maximum Gasteiger partial charge on any atom is 0.352 e. The Labute approximate surface area is 230 Å². The van der Waals surface area contributed by atoms with E-state index in [4.69, 9.17) is 10.6 Å². The van der Waals surface area contributed by atoms with Crippen molar-refractivity contribution in [2.75, 3.05) is 18.0 Å². The summed E-state index contributed by atoms with van der Waals surface area (Å²) in [5, 5.41) is 20.4. The van der Waals surface area contributed by atoms with E-state index in [-0.39, 0.29) is 40.6 Å². The Balaban J connectivity index is 1.29. The molecule has 13 nitrogen and oxygen atoms in total. The largest absolute Gasteiger partial charge is 0.477 e. The number of aromatic nitrogens is 2. The van der Waals surface area contributed by atoms with E-state index in [1.807, 2.05) is 12.2 Å². The number of thiazole rings is 1. The van der Waals surface area contributed by atoms with Crippen molar-refractivity contribution >= 4 is 57.6 Å². The molecule has 15 heteroatoms. The van der Waals surface area contributed by atoms with Gasteiger partial charge < -0.3 is 26.3 Å². The lowest BCUT2D eigenvalue weighted by Crippen LogP contribution is -2.71. The number of rotatable bonds is 9. The number of oxime groups is 1. The van der Waals surface area contributed by atoms with Gasteiger partial charge in [-0.1, -0.05) is 11.2 Å². The molecule has 1 saturated heterocycles. The molecular weight excluding hydrogens is 546 g/mol. The highest BCUT2D eigenvalue weighted by Gasteiger charge is 2.54. The normalized spacial score (nSPS) is 22.3. The van der Waals surface area contributed by atoms with Gasteiger partial charge in [-0.3, -0.25) is 24.3 Å². The van der Waals surface area contributed by atoms with Gasteiger partial charge in [-0.05, 0) is 36.6 Å². The predicted molar refractivity (Wildman–Crippen MR) is 143 cm³/mol. The molecular formula is C24H23N7O6S2. The number of β-lactam (4-membered cyclic amide) rings is 1. The zero-order valence-electron chi connectivity index (χ0n) is 20.3. The van der Waals surface area contributed by atoms with E-state index in [9.17, 15) is 24.3 Å². The molecule has 0 saturated carbocycles. The Kier molecular flexibility index (Phi) is 7.60. The highest BCUT2D eigenvalue weighted by Crippen LogP contribution is 2.40. The topological polar surface area (TPSA) is 189 Å². The summed E-state index contributed by atoms with van der Waals surface area (Å²) in [6.45, 7) is -0.0646.